The molecule has 2 heterocycles. The maximum Gasteiger partial charge on any atom is 0.0107 e. The van der Waals surface area contributed by atoms with Gasteiger partial charge in [0.1, 0.15) is 0 Å². The van der Waals surface area contributed by atoms with Crippen LogP contribution in [0.5, 0.6) is 0 Å². The van der Waals surface area contributed by atoms with E-state index >= 15 is 0 Å². The zero-order chi connectivity index (χ0) is 15.6. The summed E-state index contributed by atoms with van der Waals surface area (Å²) in [4.78, 5) is 5.23. The molecule has 4 heteroatoms. The van der Waals surface area contributed by atoms with Gasteiger partial charge in [-0.25, -0.2) is 0 Å². The molecule has 4 nitrogen and oxygen atoms in total. The fourth-order valence-corrected chi connectivity index (χ4v) is 4.07. The first-order valence-corrected chi connectivity index (χ1v) is 9.60. The number of nitrogens with zero attached hydrogens (tertiary/aromatic N) is 2. The van der Waals surface area contributed by atoms with Crippen molar-refractivity contribution < 1.29 is 0 Å². The highest BCUT2D eigenvalue weighted by atomic mass is 15.2. The molecule has 2 rings (SSSR count). The third kappa shape index (κ3) is 7.40. The van der Waals surface area contributed by atoms with Crippen molar-refractivity contribution in [1.82, 2.24) is 20.4 Å². The highest BCUT2D eigenvalue weighted by Gasteiger charge is 2.20. The zero-order valence-electron chi connectivity index (χ0n) is 14.9. The third-order valence-corrected chi connectivity index (χ3v) is 5.05. The van der Waals surface area contributed by atoms with Crippen LogP contribution in [0.2, 0.25) is 0 Å². The predicted molar refractivity (Wildman–Crippen MR) is 95.4 cm³/mol. The van der Waals surface area contributed by atoms with E-state index in [1.54, 1.807) is 0 Å². The molecular formula is C18H38N4. The van der Waals surface area contributed by atoms with Crippen molar-refractivity contribution in [1.29, 1.82) is 0 Å². The molecule has 0 aromatic heterocycles. The number of likely N-dealkylation sites (tertiary alicyclic amines) is 2. The van der Waals surface area contributed by atoms with Crippen molar-refractivity contribution in [2.75, 3.05) is 65.4 Å². The summed E-state index contributed by atoms with van der Waals surface area (Å²) in [5.41, 5.74) is 0. The second-order valence-corrected chi connectivity index (χ2v) is 7.61. The van der Waals surface area contributed by atoms with Gasteiger partial charge in [-0.05, 0) is 63.7 Å². The second-order valence-electron chi connectivity index (χ2n) is 7.61. The van der Waals surface area contributed by atoms with Crippen molar-refractivity contribution in [3.8, 4) is 0 Å². The summed E-state index contributed by atoms with van der Waals surface area (Å²) in [5, 5.41) is 7.14. The van der Waals surface area contributed by atoms with E-state index in [1.807, 2.05) is 0 Å². The molecular weight excluding hydrogens is 272 g/mol. The Morgan fingerprint density at radius 1 is 0.773 bits per heavy atom. The highest BCUT2D eigenvalue weighted by molar-refractivity contribution is 4.75. The van der Waals surface area contributed by atoms with E-state index in [9.17, 15) is 0 Å². The van der Waals surface area contributed by atoms with Gasteiger partial charge in [0.05, 0.1) is 0 Å². The van der Waals surface area contributed by atoms with Crippen LogP contribution < -0.4 is 10.6 Å². The number of rotatable bonds is 10. The lowest BCUT2D eigenvalue weighted by molar-refractivity contribution is 0.142. The lowest BCUT2D eigenvalue weighted by Gasteiger charge is -2.34. The van der Waals surface area contributed by atoms with Crippen LogP contribution in [-0.4, -0.2) is 75.2 Å². The number of piperidine rings is 1. The van der Waals surface area contributed by atoms with Crippen molar-refractivity contribution in [2.24, 2.45) is 11.8 Å². The van der Waals surface area contributed by atoms with E-state index in [2.05, 4.69) is 34.3 Å². The SMILES string of the molecule is C[C@@H]1C[C@H](C)CN(CCNCCNCCCN2CCCC2)C1. The molecule has 0 aromatic rings. The van der Waals surface area contributed by atoms with Gasteiger partial charge in [0.2, 0.25) is 0 Å². The van der Waals surface area contributed by atoms with E-state index in [0.717, 1.165) is 31.5 Å². The van der Waals surface area contributed by atoms with Crippen molar-refractivity contribution in [3.05, 3.63) is 0 Å². The Bertz CT molecular complexity index is 268. The fourth-order valence-electron chi connectivity index (χ4n) is 4.07. The zero-order valence-corrected chi connectivity index (χ0v) is 14.9. The van der Waals surface area contributed by atoms with E-state index < -0.39 is 0 Å². The van der Waals surface area contributed by atoms with Gasteiger partial charge in [0.15, 0.2) is 0 Å². The molecule has 0 aliphatic carbocycles. The van der Waals surface area contributed by atoms with E-state index in [4.69, 9.17) is 0 Å². The molecule has 0 bridgehead atoms. The monoisotopic (exact) mass is 310 g/mol. The molecule has 0 unspecified atom stereocenters. The normalized spacial score (nSPS) is 27.5. The van der Waals surface area contributed by atoms with E-state index in [0.29, 0.717) is 0 Å². The minimum Gasteiger partial charge on any atom is -0.315 e. The number of nitrogens with one attached hydrogen (secondary N) is 2. The lowest BCUT2D eigenvalue weighted by Crippen LogP contribution is -2.42. The van der Waals surface area contributed by atoms with Crippen LogP contribution in [0.4, 0.5) is 0 Å². The van der Waals surface area contributed by atoms with Crippen molar-refractivity contribution in [2.45, 2.75) is 39.5 Å². The Balaban J connectivity index is 1.35. The van der Waals surface area contributed by atoms with E-state index in [1.165, 1.54) is 71.5 Å². The summed E-state index contributed by atoms with van der Waals surface area (Å²) in [7, 11) is 0. The minimum absolute atomic E-state index is 0.876. The maximum atomic E-state index is 3.58. The molecule has 130 valence electrons. The largest absolute Gasteiger partial charge is 0.315 e. The number of hydrogen-bond donors (Lipinski definition) is 2. The minimum atomic E-state index is 0.876. The number of hydrogen-bond acceptors (Lipinski definition) is 4. The van der Waals surface area contributed by atoms with Crippen LogP contribution in [0.25, 0.3) is 0 Å². The van der Waals surface area contributed by atoms with Gasteiger partial charge in [0, 0.05) is 39.3 Å². The van der Waals surface area contributed by atoms with Crippen LogP contribution in [0.3, 0.4) is 0 Å². The molecule has 2 atom stereocenters. The molecule has 2 aliphatic heterocycles. The van der Waals surface area contributed by atoms with Gasteiger partial charge < -0.3 is 20.4 Å². The average Bonchev–Trinajstić information content (AvgIpc) is 2.98. The van der Waals surface area contributed by atoms with Gasteiger partial charge in [0.25, 0.3) is 0 Å². The third-order valence-electron chi connectivity index (χ3n) is 5.05. The van der Waals surface area contributed by atoms with Gasteiger partial charge in [-0.2, -0.15) is 0 Å². The molecule has 0 saturated carbocycles. The Morgan fingerprint density at radius 2 is 1.41 bits per heavy atom. The summed E-state index contributed by atoms with van der Waals surface area (Å²) in [6.45, 7) is 17.0. The quantitative estimate of drug-likeness (QED) is 0.601. The first-order chi connectivity index (χ1) is 10.7. The summed E-state index contributed by atoms with van der Waals surface area (Å²) in [5.74, 6) is 1.75. The lowest BCUT2D eigenvalue weighted by atomic mass is 9.92. The van der Waals surface area contributed by atoms with Gasteiger partial charge in [-0.3, -0.25) is 0 Å². The molecule has 0 aromatic carbocycles. The standard InChI is InChI=1S/C18H38N4/c1-17-14-18(2)16-22(15-17)13-9-20-8-7-19-6-5-12-21-10-3-4-11-21/h17-20H,3-16H2,1-2H3/t17-,18+. The molecule has 2 fully saturated rings. The molecule has 0 spiro atoms. The Morgan fingerprint density at radius 3 is 2.09 bits per heavy atom. The topological polar surface area (TPSA) is 30.5 Å². The molecule has 0 amide bonds. The van der Waals surface area contributed by atoms with Gasteiger partial charge in [-0.15, -0.1) is 0 Å². The highest BCUT2D eigenvalue weighted by Crippen LogP contribution is 2.20. The summed E-state index contributed by atoms with van der Waals surface area (Å²) in [6.07, 6.45) is 5.52. The van der Waals surface area contributed by atoms with Crippen LogP contribution in [-0.2, 0) is 0 Å². The summed E-state index contributed by atoms with van der Waals surface area (Å²) >= 11 is 0. The first-order valence-electron chi connectivity index (χ1n) is 9.60. The van der Waals surface area contributed by atoms with Gasteiger partial charge >= 0.3 is 0 Å². The molecule has 2 saturated heterocycles. The molecule has 22 heavy (non-hydrogen) atoms. The van der Waals surface area contributed by atoms with E-state index in [-0.39, 0.29) is 0 Å². The van der Waals surface area contributed by atoms with Crippen LogP contribution in [0, 0.1) is 11.8 Å². The first kappa shape index (κ1) is 18.2. The Labute approximate surface area is 138 Å². The van der Waals surface area contributed by atoms with Crippen LogP contribution in [0.1, 0.15) is 39.5 Å². The van der Waals surface area contributed by atoms with Crippen molar-refractivity contribution in [3.63, 3.8) is 0 Å². The molecule has 0 radical (unpaired) electrons. The summed E-state index contributed by atoms with van der Waals surface area (Å²) < 4.78 is 0. The van der Waals surface area contributed by atoms with Gasteiger partial charge in [-0.1, -0.05) is 13.8 Å². The second kappa shape index (κ2) is 10.6. The van der Waals surface area contributed by atoms with Crippen LogP contribution >= 0.6 is 0 Å². The van der Waals surface area contributed by atoms with Crippen molar-refractivity contribution >= 4 is 0 Å². The predicted octanol–water partition coefficient (Wildman–Crippen LogP) is 1.63. The fraction of sp³-hybridized carbons (Fsp3) is 1.00. The Hall–Kier alpha value is -0.160. The molecule has 2 N–H and O–H groups in total. The Kier molecular flexibility index (Phi) is 8.75. The maximum absolute atomic E-state index is 3.58. The van der Waals surface area contributed by atoms with Crippen LogP contribution in [0.15, 0.2) is 0 Å². The summed E-state index contributed by atoms with van der Waals surface area (Å²) in [6, 6.07) is 0. The average molecular weight is 311 g/mol. The molecule has 2 aliphatic rings. The smallest absolute Gasteiger partial charge is 0.0107 e.